The summed E-state index contributed by atoms with van der Waals surface area (Å²) in [5.41, 5.74) is 10.9. The lowest BCUT2D eigenvalue weighted by Crippen LogP contribution is -2.35. The van der Waals surface area contributed by atoms with E-state index in [2.05, 4.69) is 119 Å². The summed E-state index contributed by atoms with van der Waals surface area (Å²) in [5, 5.41) is 0. The monoisotopic (exact) mass is 429 g/mol. The van der Waals surface area contributed by atoms with Crippen molar-refractivity contribution in [3.05, 3.63) is 125 Å². The van der Waals surface area contributed by atoms with Crippen molar-refractivity contribution in [1.29, 1.82) is 0 Å². The molecule has 0 saturated heterocycles. The van der Waals surface area contributed by atoms with E-state index in [0.29, 0.717) is 0 Å². The largest absolute Gasteiger partial charge is 0.340 e. The van der Waals surface area contributed by atoms with Gasteiger partial charge in [-0.15, -0.1) is 6.58 Å². The quantitative estimate of drug-likeness (QED) is 0.290. The molecule has 0 bridgehead atoms. The van der Waals surface area contributed by atoms with Gasteiger partial charge in [0.25, 0.3) is 0 Å². The molecule has 1 atom stereocenters. The smallest absolute Gasteiger partial charge is 0.333 e. The molecule has 0 N–H and O–H groups in total. The Labute approximate surface area is 199 Å². The van der Waals surface area contributed by atoms with Crippen LogP contribution < -0.4 is 5.46 Å². The fourth-order valence-corrected chi connectivity index (χ4v) is 4.50. The van der Waals surface area contributed by atoms with Gasteiger partial charge < -0.3 is 4.90 Å². The molecule has 0 radical (unpaired) electrons. The van der Waals surface area contributed by atoms with Gasteiger partial charge in [0.2, 0.25) is 0 Å². The molecule has 0 fully saturated rings. The van der Waals surface area contributed by atoms with Gasteiger partial charge in [-0.25, -0.2) is 0 Å². The third kappa shape index (κ3) is 5.17. The zero-order valence-corrected chi connectivity index (χ0v) is 20.2. The second-order valence-corrected chi connectivity index (χ2v) is 9.11. The van der Waals surface area contributed by atoms with E-state index in [4.69, 9.17) is 4.90 Å². The van der Waals surface area contributed by atoms with Gasteiger partial charge in [0.15, 0.2) is 0 Å². The van der Waals surface area contributed by atoms with Gasteiger partial charge in [0.1, 0.15) is 0 Å². The van der Waals surface area contributed by atoms with Crippen molar-refractivity contribution in [3.8, 4) is 11.1 Å². The summed E-state index contributed by atoms with van der Waals surface area (Å²) in [6.07, 6.45) is 9.68. The third-order valence-electron chi connectivity index (χ3n) is 6.58. The summed E-state index contributed by atoms with van der Waals surface area (Å²) in [5.74, 6) is 0.290. The van der Waals surface area contributed by atoms with Crippen LogP contribution >= 0.6 is 0 Å². The van der Waals surface area contributed by atoms with E-state index < -0.39 is 0 Å². The highest BCUT2D eigenvalue weighted by Crippen LogP contribution is 2.28. The van der Waals surface area contributed by atoms with Crippen LogP contribution in [0.15, 0.2) is 108 Å². The van der Waals surface area contributed by atoms with Gasteiger partial charge in [0, 0.05) is 5.71 Å². The van der Waals surface area contributed by atoms with Crippen molar-refractivity contribution in [2.75, 3.05) is 0 Å². The van der Waals surface area contributed by atoms with E-state index in [0.717, 1.165) is 23.2 Å². The number of allylic oxidation sites excluding steroid dienone is 5. The first-order valence-corrected chi connectivity index (χ1v) is 11.7. The fraction of sp³-hybridized carbons (Fsp3) is 0.194. The molecule has 164 valence electrons. The molecule has 0 amide bonds. The number of nitrogens with zero attached hydrogens (tertiary/aromatic N) is 1. The predicted molar refractivity (Wildman–Crippen MR) is 146 cm³/mol. The maximum Gasteiger partial charge on any atom is 0.340 e. The lowest BCUT2D eigenvalue weighted by atomic mass is 9.47. The summed E-state index contributed by atoms with van der Waals surface area (Å²) >= 11 is 0. The minimum atomic E-state index is -0.101. The molecular formula is C31H32BN. The molecule has 2 heteroatoms. The van der Waals surface area contributed by atoms with Gasteiger partial charge >= 0.3 is 6.85 Å². The van der Waals surface area contributed by atoms with Crippen molar-refractivity contribution >= 4 is 18.0 Å². The maximum absolute atomic E-state index is 5.26. The molecule has 3 aromatic carbocycles. The van der Waals surface area contributed by atoms with Crippen molar-refractivity contribution in [2.45, 2.75) is 34.1 Å². The maximum atomic E-state index is 5.26. The number of rotatable bonds is 6. The van der Waals surface area contributed by atoms with Crippen LogP contribution in [0.25, 0.3) is 11.1 Å². The van der Waals surface area contributed by atoms with Crippen LogP contribution in [0, 0.1) is 26.7 Å². The average molecular weight is 429 g/mol. The number of benzene rings is 3. The molecule has 0 saturated carbocycles. The number of hydrogen-bond acceptors (Lipinski definition) is 1. The van der Waals surface area contributed by atoms with E-state index in [1.165, 1.54) is 33.3 Å². The molecule has 3 aromatic rings. The summed E-state index contributed by atoms with van der Waals surface area (Å²) in [6.45, 7) is 13.1. The third-order valence-corrected chi connectivity index (χ3v) is 6.58. The van der Waals surface area contributed by atoms with E-state index >= 15 is 0 Å². The van der Waals surface area contributed by atoms with Gasteiger partial charge in [-0.2, -0.15) is 0 Å². The Hall–Kier alpha value is -3.39. The number of hydrogen-bond donors (Lipinski definition) is 0. The van der Waals surface area contributed by atoms with Crippen LogP contribution in [0.4, 0.5) is 0 Å². The van der Waals surface area contributed by atoms with E-state index in [1.807, 2.05) is 6.07 Å². The Morgan fingerprint density at radius 1 is 0.879 bits per heavy atom. The van der Waals surface area contributed by atoms with Gasteiger partial charge in [-0.1, -0.05) is 102 Å². The second-order valence-electron chi connectivity index (χ2n) is 9.11. The zero-order valence-electron chi connectivity index (χ0n) is 20.2. The van der Waals surface area contributed by atoms with Crippen molar-refractivity contribution in [3.63, 3.8) is 0 Å². The van der Waals surface area contributed by atoms with E-state index in [-0.39, 0.29) is 12.8 Å². The molecule has 1 aliphatic carbocycles. The minimum Gasteiger partial charge on any atom is -0.333 e. The SMILES string of the molecule is C=C(B(N=C(C)c1ccccc1)c1ccc(C)c(-c2cc(C)ccc2C)c1)[C@H]1C=CC=CC1. The molecule has 0 aliphatic heterocycles. The van der Waals surface area contributed by atoms with Crippen LogP contribution in [0.3, 0.4) is 0 Å². The first kappa shape index (κ1) is 22.8. The first-order chi connectivity index (χ1) is 15.9. The molecule has 4 rings (SSSR count). The van der Waals surface area contributed by atoms with Gasteiger partial charge in [-0.3, -0.25) is 0 Å². The normalized spacial score (nSPS) is 15.5. The Morgan fingerprint density at radius 2 is 1.58 bits per heavy atom. The molecule has 0 heterocycles. The highest BCUT2D eigenvalue weighted by molar-refractivity contribution is 6.79. The summed E-state index contributed by atoms with van der Waals surface area (Å²) in [6, 6.07) is 23.9. The molecule has 0 spiro atoms. The summed E-state index contributed by atoms with van der Waals surface area (Å²) in [7, 11) is 0. The summed E-state index contributed by atoms with van der Waals surface area (Å²) in [4.78, 5) is 5.26. The highest BCUT2D eigenvalue weighted by Gasteiger charge is 2.26. The Bertz CT molecular complexity index is 1250. The molecule has 0 aromatic heterocycles. The molecule has 33 heavy (non-hydrogen) atoms. The Morgan fingerprint density at radius 3 is 2.27 bits per heavy atom. The highest BCUT2D eigenvalue weighted by atomic mass is 14.7. The fourth-order valence-electron chi connectivity index (χ4n) is 4.50. The molecule has 0 unspecified atom stereocenters. The van der Waals surface area contributed by atoms with Gasteiger partial charge in [0.05, 0.1) is 0 Å². The minimum absolute atomic E-state index is 0.101. The standard InChI is InChI=1S/C31H32BN/c1-22-16-17-23(2)30(20-22)31-21-29(19-18-24(31)3)32(25(4)27-12-8-6-9-13-27)33-26(5)28-14-10-7-11-15-28/h6-12,14-21,27H,4,13H2,1-3,5H3/t27-/m0/s1. The number of aryl methyl sites for hydroxylation is 3. The van der Waals surface area contributed by atoms with Crippen LogP contribution in [0.1, 0.15) is 35.6 Å². The molecular weight excluding hydrogens is 397 g/mol. The first-order valence-electron chi connectivity index (χ1n) is 11.7. The van der Waals surface area contributed by atoms with Crippen LogP contribution in [-0.2, 0) is 0 Å². The van der Waals surface area contributed by atoms with E-state index in [1.54, 1.807) is 0 Å². The van der Waals surface area contributed by atoms with E-state index in [9.17, 15) is 0 Å². The second kappa shape index (κ2) is 10.0. The van der Waals surface area contributed by atoms with Crippen LogP contribution in [0.5, 0.6) is 0 Å². The molecule has 1 aliphatic rings. The van der Waals surface area contributed by atoms with Crippen molar-refractivity contribution in [2.24, 2.45) is 10.8 Å². The predicted octanol–water partition coefficient (Wildman–Crippen LogP) is 7.21. The lowest BCUT2D eigenvalue weighted by Gasteiger charge is -2.22. The van der Waals surface area contributed by atoms with Crippen LogP contribution in [0.2, 0.25) is 0 Å². The van der Waals surface area contributed by atoms with Crippen molar-refractivity contribution in [1.82, 2.24) is 0 Å². The topological polar surface area (TPSA) is 12.4 Å². The lowest BCUT2D eigenvalue weighted by molar-refractivity contribution is 0.803. The summed E-state index contributed by atoms with van der Waals surface area (Å²) < 4.78 is 0. The van der Waals surface area contributed by atoms with Crippen LogP contribution in [-0.4, -0.2) is 12.6 Å². The average Bonchev–Trinajstić information content (AvgIpc) is 2.85. The molecule has 1 nitrogen and oxygen atoms in total. The van der Waals surface area contributed by atoms with Gasteiger partial charge in [-0.05, 0) is 73.3 Å². The Balaban J connectivity index is 1.82. The van der Waals surface area contributed by atoms with Crippen molar-refractivity contribution < 1.29 is 0 Å². The zero-order chi connectivity index (χ0) is 23.4. The Kier molecular flexibility index (Phi) is 6.94.